The van der Waals surface area contributed by atoms with Gasteiger partial charge < -0.3 is 5.32 Å². The van der Waals surface area contributed by atoms with E-state index in [1.165, 1.54) is 16.8 Å². The van der Waals surface area contributed by atoms with Crippen molar-refractivity contribution < 1.29 is 9.18 Å². The highest BCUT2D eigenvalue weighted by Gasteiger charge is 2.20. The summed E-state index contributed by atoms with van der Waals surface area (Å²) in [7, 11) is 0. The third-order valence-corrected chi connectivity index (χ3v) is 5.43. The standard InChI is InChI=1S/C22H13Cl3FN3O/c23-15-6-2-1-5-14(15)20-12-21(22(30)27-19-8-4-3-7-18(19)26)29(28-20)13-9-10-16(24)17(25)11-13/h1-12H,(H,27,30). The monoisotopic (exact) mass is 459 g/mol. The summed E-state index contributed by atoms with van der Waals surface area (Å²) >= 11 is 18.5. The highest BCUT2D eigenvalue weighted by molar-refractivity contribution is 6.42. The zero-order valence-corrected chi connectivity index (χ0v) is 17.5. The van der Waals surface area contributed by atoms with Crippen LogP contribution in [0.15, 0.2) is 72.8 Å². The Balaban J connectivity index is 1.83. The van der Waals surface area contributed by atoms with E-state index in [-0.39, 0.29) is 11.4 Å². The van der Waals surface area contributed by atoms with Gasteiger partial charge in [-0.15, -0.1) is 0 Å². The van der Waals surface area contributed by atoms with Gasteiger partial charge in [-0.1, -0.05) is 65.1 Å². The summed E-state index contributed by atoms with van der Waals surface area (Å²) in [6, 6.07) is 19.5. The zero-order chi connectivity index (χ0) is 21.3. The highest BCUT2D eigenvalue weighted by atomic mass is 35.5. The lowest BCUT2D eigenvalue weighted by Crippen LogP contribution is -2.17. The van der Waals surface area contributed by atoms with E-state index in [9.17, 15) is 9.18 Å². The van der Waals surface area contributed by atoms with Gasteiger partial charge in [0.05, 0.1) is 32.1 Å². The number of rotatable bonds is 4. The van der Waals surface area contributed by atoms with Gasteiger partial charge >= 0.3 is 0 Å². The Bertz CT molecular complexity index is 1260. The highest BCUT2D eigenvalue weighted by Crippen LogP contribution is 2.30. The number of hydrogen-bond donors (Lipinski definition) is 1. The second-order valence-corrected chi connectivity index (χ2v) is 7.56. The molecule has 0 unspecified atom stereocenters. The maximum atomic E-state index is 14.0. The average Bonchev–Trinajstić information content (AvgIpc) is 3.17. The van der Waals surface area contributed by atoms with Crippen molar-refractivity contribution in [2.75, 3.05) is 5.32 Å². The Morgan fingerprint density at radius 1 is 0.867 bits per heavy atom. The van der Waals surface area contributed by atoms with Crippen molar-refractivity contribution in [2.24, 2.45) is 0 Å². The molecule has 0 atom stereocenters. The van der Waals surface area contributed by atoms with Gasteiger partial charge in [-0.3, -0.25) is 4.79 Å². The van der Waals surface area contributed by atoms with Crippen molar-refractivity contribution in [2.45, 2.75) is 0 Å². The normalized spacial score (nSPS) is 10.8. The maximum absolute atomic E-state index is 14.0. The van der Waals surface area contributed by atoms with Crippen molar-refractivity contribution in [3.8, 4) is 16.9 Å². The lowest BCUT2D eigenvalue weighted by Gasteiger charge is -2.09. The number of carbonyl (C=O) groups excluding carboxylic acids is 1. The Labute approximate surface area is 186 Å². The molecular formula is C22H13Cl3FN3O. The number of carbonyl (C=O) groups is 1. The first-order valence-corrected chi connectivity index (χ1v) is 9.93. The summed E-state index contributed by atoms with van der Waals surface area (Å²) in [6.07, 6.45) is 0. The molecule has 8 heteroatoms. The Hall–Kier alpha value is -2.86. The van der Waals surface area contributed by atoms with Gasteiger partial charge in [0.2, 0.25) is 0 Å². The first-order valence-electron chi connectivity index (χ1n) is 8.80. The van der Waals surface area contributed by atoms with E-state index in [4.69, 9.17) is 34.8 Å². The molecule has 0 aliphatic rings. The molecule has 4 rings (SSSR count). The molecule has 0 spiro atoms. The average molecular weight is 461 g/mol. The van der Waals surface area contributed by atoms with Crippen LogP contribution >= 0.6 is 34.8 Å². The lowest BCUT2D eigenvalue weighted by molar-refractivity contribution is 0.101. The second-order valence-electron chi connectivity index (χ2n) is 6.34. The zero-order valence-electron chi connectivity index (χ0n) is 15.2. The first-order chi connectivity index (χ1) is 14.4. The van der Waals surface area contributed by atoms with Crippen molar-refractivity contribution in [3.05, 3.63) is 99.4 Å². The van der Waals surface area contributed by atoms with Crippen LogP contribution in [0.1, 0.15) is 10.5 Å². The van der Waals surface area contributed by atoms with Crippen LogP contribution in [0.5, 0.6) is 0 Å². The number of para-hydroxylation sites is 1. The van der Waals surface area contributed by atoms with Crippen LogP contribution < -0.4 is 5.32 Å². The molecule has 0 aliphatic carbocycles. The molecule has 0 saturated carbocycles. The number of aromatic nitrogens is 2. The molecular weight excluding hydrogens is 448 g/mol. The number of anilines is 1. The van der Waals surface area contributed by atoms with Crippen molar-refractivity contribution in [1.29, 1.82) is 0 Å². The van der Waals surface area contributed by atoms with E-state index in [1.54, 1.807) is 54.6 Å². The van der Waals surface area contributed by atoms with Crippen molar-refractivity contribution in [3.63, 3.8) is 0 Å². The van der Waals surface area contributed by atoms with Crippen LogP contribution in [-0.2, 0) is 0 Å². The van der Waals surface area contributed by atoms with Gasteiger partial charge in [0.15, 0.2) is 0 Å². The molecule has 4 nitrogen and oxygen atoms in total. The minimum atomic E-state index is -0.544. The largest absolute Gasteiger partial charge is 0.318 e. The van der Waals surface area contributed by atoms with E-state index in [1.807, 2.05) is 6.07 Å². The quantitative estimate of drug-likeness (QED) is 0.360. The predicted molar refractivity (Wildman–Crippen MR) is 118 cm³/mol. The summed E-state index contributed by atoms with van der Waals surface area (Å²) in [6.45, 7) is 0. The minimum Gasteiger partial charge on any atom is -0.318 e. The van der Waals surface area contributed by atoms with Crippen LogP contribution in [0.2, 0.25) is 15.1 Å². The van der Waals surface area contributed by atoms with E-state index in [0.29, 0.717) is 32.0 Å². The van der Waals surface area contributed by atoms with Gasteiger partial charge in [-0.2, -0.15) is 5.10 Å². The number of benzene rings is 3. The Kier molecular flexibility index (Phi) is 5.77. The minimum absolute atomic E-state index is 0.0590. The number of nitrogens with zero attached hydrogens (tertiary/aromatic N) is 2. The van der Waals surface area contributed by atoms with Crippen LogP contribution in [-0.4, -0.2) is 15.7 Å². The molecule has 30 heavy (non-hydrogen) atoms. The maximum Gasteiger partial charge on any atom is 0.274 e. The molecule has 0 fully saturated rings. The topological polar surface area (TPSA) is 46.9 Å². The van der Waals surface area contributed by atoms with E-state index < -0.39 is 11.7 Å². The van der Waals surface area contributed by atoms with Gasteiger partial charge in [-0.05, 0) is 42.5 Å². The van der Waals surface area contributed by atoms with E-state index in [2.05, 4.69) is 10.4 Å². The fraction of sp³-hybridized carbons (Fsp3) is 0. The molecule has 0 aliphatic heterocycles. The number of amides is 1. The van der Waals surface area contributed by atoms with Gasteiger partial charge in [-0.25, -0.2) is 9.07 Å². The molecule has 1 amide bonds. The van der Waals surface area contributed by atoms with Crippen LogP contribution in [0, 0.1) is 5.82 Å². The third-order valence-electron chi connectivity index (χ3n) is 4.36. The van der Waals surface area contributed by atoms with E-state index in [0.717, 1.165) is 0 Å². The second kappa shape index (κ2) is 8.48. The number of nitrogens with one attached hydrogen (secondary N) is 1. The molecule has 0 bridgehead atoms. The summed E-state index contributed by atoms with van der Waals surface area (Å²) in [5, 5.41) is 8.28. The Morgan fingerprint density at radius 2 is 1.60 bits per heavy atom. The first kappa shape index (κ1) is 20.4. The smallest absolute Gasteiger partial charge is 0.274 e. The summed E-state index contributed by atoms with van der Waals surface area (Å²) < 4.78 is 15.4. The van der Waals surface area contributed by atoms with Gasteiger partial charge in [0, 0.05) is 5.56 Å². The van der Waals surface area contributed by atoms with Crippen molar-refractivity contribution in [1.82, 2.24) is 9.78 Å². The molecule has 150 valence electrons. The van der Waals surface area contributed by atoms with Gasteiger partial charge in [0.1, 0.15) is 11.5 Å². The number of halogens is 4. The molecule has 1 aromatic heterocycles. The predicted octanol–water partition coefficient (Wildman–Crippen LogP) is 6.89. The Morgan fingerprint density at radius 3 is 2.33 bits per heavy atom. The summed E-state index contributed by atoms with van der Waals surface area (Å²) in [5.41, 5.74) is 1.87. The van der Waals surface area contributed by atoms with Crippen LogP contribution in [0.25, 0.3) is 16.9 Å². The third kappa shape index (κ3) is 4.05. The van der Waals surface area contributed by atoms with Crippen LogP contribution in [0.4, 0.5) is 10.1 Å². The summed E-state index contributed by atoms with van der Waals surface area (Å²) in [5.74, 6) is -1.09. The molecule has 1 heterocycles. The molecule has 3 aromatic carbocycles. The van der Waals surface area contributed by atoms with Gasteiger partial charge in [0.25, 0.3) is 5.91 Å². The van der Waals surface area contributed by atoms with Crippen LogP contribution in [0.3, 0.4) is 0 Å². The molecule has 0 radical (unpaired) electrons. The molecule has 0 saturated heterocycles. The molecule has 1 N–H and O–H groups in total. The fourth-order valence-corrected chi connectivity index (χ4v) is 3.43. The van der Waals surface area contributed by atoms with Crippen molar-refractivity contribution >= 4 is 46.4 Å². The lowest BCUT2D eigenvalue weighted by atomic mass is 10.1. The molecule has 4 aromatic rings. The SMILES string of the molecule is O=C(Nc1ccccc1F)c1cc(-c2ccccc2Cl)nn1-c1ccc(Cl)c(Cl)c1. The van der Waals surface area contributed by atoms with E-state index >= 15 is 0 Å². The fourth-order valence-electron chi connectivity index (χ4n) is 2.91. The number of hydrogen-bond acceptors (Lipinski definition) is 2. The summed E-state index contributed by atoms with van der Waals surface area (Å²) in [4.78, 5) is 13.0.